The van der Waals surface area contributed by atoms with E-state index in [4.69, 9.17) is 9.47 Å². The molecule has 0 aromatic heterocycles. The smallest absolute Gasteiger partial charge is 0.165 e. The Morgan fingerprint density at radius 3 is 3.00 bits per heavy atom. The van der Waals surface area contributed by atoms with E-state index in [-0.39, 0.29) is 0 Å². The van der Waals surface area contributed by atoms with E-state index in [2.05, 4.69) is 22.3 Å². The zero-order chi connectivity index (χ0) is 14.8. The van der Waals surface area contributed by atoms with Crippen molar-refractivity contribution in [1.29, 1.82) is 0 Å². The molecular formula is C18H26N2O2. The molecule has 3 aliphatic rings. The summed E-state index contributed by atoms with van der Waals surface area (Å²) in [6.07, 6.45) is 6.35. The van der Waals surface area contributed by atoms with Crippen LogP contribution in [0.2, 0.25) is 0 Å². The summed E-state index contributed by atoms with van der Waals surface area (Å²) in [5.74, 6) is 1.86. The molecule has 0 saturated carbocycles. The van der Waals surface area contributed by atoms with Crippen LogP contribution < -0.4 is 14.8 Å². The van der Waals surface area contributed by atoms with Gasteiger partial charge in [0.05, 0.1) is 13.2 Å². The second-order valence-corrected chi connectivity index (χ2v) is 6.67. The van der Waals surface area contributed by atoms with Crippen LogP contribution in [0.1, 0.15) is 37.7 Å². The average molecular weight is 302 g/mol. The molecule has 1 aromatic carbocycles. The summed E-state index contributed by atoms with van der Waals surface area (Å²) >= 11 is 0. The molecule has 2 atom stereocenters. The molecule has 3 heterocycles. The third kappa shape index (κ3) is 2.82. The summed E-state index contributed by atoms with van der Waals surface area (Å²) in [7, 11) is 0. The van der Waals surface area contributed by atoms with Crippen LogP contribution >= 0.6 is 0 Å². The van der Waals surface area contributed by atoms with Crippen molar-refractivity contribution in [2.75, 3.05) is 26.3 Å². The fraction of sp³-hybridized carbons (Fsp3) is 0.667. The van der Waals surface area contributed by atoms with E-state index in [0.717, 1.165) is 43.7 Å². The fourth-order valence-electron chi connectivity index (χ4n) is 4.12. The molecule has 0 radical (unpaired) electrons. The monoisotopic (exact) mass is 302 g/mol. The molecule has 0 amide bonds. The van der Waals surface area contributed by atoms with Gasteiger partial charge in [-0.3, -0.25) is 4.90 Å². The van der Waals surface area contributed by atoms with E-state index in [9.17, 15) is 0 Å². The van der Waals surface area contributed by atoms with Gasteiger partial charge < -0.3 is 14.8 Å². The number of nitrogens with one attached hydrogen (secondary N) is 1. The Morgan fingerprint density at radius 1 is 1.05 bits per heavy atom. The van der Waals surface area contributed by atoms with Gasteiger partial charge in [0.15, 0.2) is 11.5 Å². The first kappa shape index (κ1) is 14.3. The van der Waals surface area contributed by atoms with Gasteiger partial charge in [-0.25, -0.2) is 0 Å². The maximum atomic E-state index is 5.93. The predicted octanol–water partition coefficient (Wildman–Crippen LogP) is 2.56. The number of nitrogens with zero attached hydrogens (tertiary/aromatic N) is 1. The molecule has 0 bridgehead atoms. The standard InChI is InChI=1S/C18H26N2O2/c1-2-9-20-10-8-15(16(20)6-1)19-13-14-5-3-7-17-18(14)22-12-4-11-21-17/h3,5,7,15-16,19H,1-2,4,6,8-13H2. The van der Waals surface area contributed by atoms with Gasteiger partial charge in [-0.05, 0) is 31.9 Å². The summed E-state index contributed by atoms with van der Waals surface area (Å²) in [5, 5.41) is 3.79. The first-order valence-electron chi connectivity index (χ1n) is 8.77. The summed E-state index contributed by atoms with van der Waals surface area (Å²) in [5.41, 5.74) is 1.23. The lowest BCUT2D eigenvalue weighted by molar-refractivity contribution is 0.180. The molecule has 2 unspecified atom stereocenters. The van der Waals surface area contributed by atoms with Crippen LogP contribution in [-0.4, -0.2) is 43.3 Å². The van der Waals surface area contributed by atoms with Crippen LogP contribution in [0.4, 0.5) is 0 Å². The third-order valence-corrected chi connectivity index (χ3v) is 5.26. The Bertz CT molecular complexity index is 520. The molecule has 4 heteroatoms. The van der Waals surface area contributed by atoms with E-state index in [0.29, 0.717) is 6.04 Å². The van der Waals surface area contributed by atoms with Crippen LogP contribution in [0.25, 0.3) is 0 Å². The number of benzene rings is 1. The SMILES string of the molecule is c1cc(CNC2CCN3CCCCC23)c2c(c1)OCCCO2. The van der Waals surface area contributed by atoms with E-state index in [1.807, 2.05) is 6.07 Å². The molecule has 0 spiro atoms. The van der Waals surface area contributed by atoms with Gasteiger partial charge in [0.2, 0.25) is 0 Å². The summed E-state index contributed by atoms with van der Waals surface area (Å²) in [6.45, 7) is 4.93. The van der Waals surface area contributed by atoms with Gasteiger partial charge in [-0.1, -0.05) is 18.6 Å². The largest absolute Gasteiger partial charge is 0.490 e. The van der Waals surface area contributed by atoms with Crippen molar-refractivity contribution in [2.45, 2.75) is 50.7 Å². The predicted molar refractivity (Wildman–Crippen MR) is 86.5 cm³/mol. The summed E-state index contributed by atoms with van der Waals surface area (Å²) in [6, 6.07) is 7.62. The third-order valence-electron chi connectivity index (χ3n) is 5.26. The Balaban J connectivity index is 1.43. The quantitative estimate of drug-likeness (QED) is 0.930. The van der Waals surface area contributed by atoms with Gasteiger partial charge in [-0.15, -0.1) is 0 Å². The van der Waals surface area contributed by atoms with Crippen molar-refractivity contribution in [3.8, 4) is 11.5 Å². The van der Waals surface area contributed by atoms with Crippen LogP contribution in [0.3, 0.4) is 0 Å². The van der Waals surface area contributed by atoms with Crippen molar-refractivity contribution < 1.29 is 9.47 Å². The molecule has 4 rings (SSSR count). The Morgan fingerprint density at radius 2 is 2.00 bits per heavy atom. The normalized spacial score (nSPS) is 28.2. The van der Waals surface area contributed by atoms with Crippen molar-refractivity contribution >= 4 is 0 Å². The summed E-state index contributed by atoms with van der Waals surface area (Å²) in [4.78, 5) is 2.67. The lowest BCUT2D eigenvalue weighted by Gasteiger charge is -2.32. The molecule has 1 N–H and O–H groups in total. The van der Waals surface area contributed by atoms with Crippen LogP contribution in [0.15, 0.2) is 18.2 Å². The number of piperidine rings is 1. The maximum Gasteiger partial charge on any atom is 0.165 e. The number of hydrogen-bond donors (Lipinski definition) is 1. The zero-order valence-electron chi connectivity index (χ0n) is 13.2. The average Bonchev–Trinajstić information content (AvgIpc) is 2.81. The zero-order valence-corrected chi connectivity index (χ0v) is 13.2. The minimum atomic E-state index is 0.628. The first-order chi connectivity index (χ1) is 10.9. The summed E-state index contributed by atoms with van der Waals surface area (Å²) < 4.78 is 11.7. The van der Waals surface area contributed by atoms with E-state index >= 15 is 0 Å². The molecule has 22 heavy (non-hydrogen) atoms. The lowest BCUT2D eigenvalue weighted by Crippen LogP contribution is -2.44. The molecule has 2 saturated heterocycles. The van der Waals surface area contributed by atoms with Crippen molar-refractivity contribution in [3.63, 3.8) is 0 Å². The Kier molecular flexibility index (Phi) is 4.22. The van der Waals surface area contributed by atoms with E-state index < -0.39 is 0 Å². The lowest BCUT2D eigenvalue weighted by atomic mass is 9.99. The van der Waals surface area contributed by atoms with Crippen LogP contribution in [-0.2, 0) is 6.54 Å². The highest BCUT2D eigenvalue weighted by atomic mass is 16.5. The van der Waals surface area contributed by atoms with Crippen LogP contribution in [0.5, 0.6) is 11.5 Å². The van der Waals surface area contributed by atoms with Gasteiger partial charge >= 0.3 is 0 Å². The topological polar surface area (TPSA) is 33.7 Å². The Hall–Kier alpha value is -1.26. The second-order valence-electron chi connectivity index (χ2n) is 6.67. The highest BCUT2D eigenvalue weighted by Gasteiger charge is 2.35. The fourth-order valence-corrected chi connectivity index (χ4v) is 4.12. The number of rotatable bonds is 3. The molecule has 2 fully saturated rings. The first-order valence-corrected chi connectivity index (χ1v) is 8.77. The number of hydrogen-bond acceptors (Lipinski definition) is 4. The van der Waals surface area contributed by atoms with Gasteiger partial charge in [0.25, 0.3) is 0 Å². The second kappa shape index (κ2) is 6.47. The highest BCUT2D eigenvalue weighted by Crippen LogP contribution is 2.34. The molecule has 3 aliphatic heterocycles. The molecule has 0 aliphatic carbocycles. The molecule has 4 nitrogen and oxygen atoms in total. The molecular weight excluding hydrogens is 276 g/mol. The highest BCUT2D eigenvalue weighted by molar-refractivity contribution is 5.47. The number of para-hydroxylation sites is 1. The molecule has 1 aromatic rings. The van der Waals surface area contributed by atoms with Crippen molar-refractivity contribution in [1.82, 2.24) is 10.2 Å². The van der Waals surface area contributed by atoms with E-state index in [1.54, 1.807) is 0 Å². The number of fused-ring (bicyclic) bond motifs is 2. The Labute approximate surface area is 132 Å². The van der Waals surface area contributed by atoms with E-state index in [1.165, 1.54) is 44.3 Å². The van der Waals surface area contributed by atoms with Gasteiger partial charge in [0, 0.05) is 37.2 Å². The van der Waals surface area contributed by atoms with Gasteiger partial charge in [-0.2, -0.15) is 0 Å². The maximum absolute atomic E-state index is 5.93. The minimum Gasteiger partial charge on any atom is -0.490 e. The minimum absolute atomic E-state index is 0.628. The molecule has 120 valence electrons. The van der Waals surface area contributed by atoms with Crippen LogP contribution in [0, 0.1) is 0 Å². The number of ether oxygens (including phenoxy) is 2. The van der Waals surface area contributed by atoms with Crippen molar-refractivity contribution in [3.05, 3.63) is 23.8 Å². The van der Waals surface area contributed by atoms with Crippen molar-refractivity contribution in [2.24, 2.45) is 0 Å². The van der Waals surface area contributed by atoms with Gasteiger partial charge in [0.1, 0.15) is 0 Å².